The molecule has 0 spiro atoms. The Hall–Kier alpha value is -4.10. The second-order valence-electron chi connectivity index (χ2n) is 8.89. The number of hydrogen-bond donors (Lipinski definition) is 0. The van der Waals surface area contributed by atoms with Crippen molar-refractivity contribution in [3.05, 3.63) is 155 Å². The summed E-state index contributed by atoms with van der Waals surface area (Å²) in [6, 6.07) is 43.7. The Morgan fingerprint density at radius 1 is 0.485 bits per heavy atom. The number of ether oxygens (including phenoxy) is 1. The fourth-order valence-corrected chi connectivity index (χ4v) is 5.68. The molecule has 0 aromatic heterocycles. The minimum atomic E-state index is 0.192. The summed E-state index contributed by atoms with van der Waals surface area (Å²) < 4.78 is 6.32. The van der Waals surface area contributed by atoms with Crippen LogP contribution in [0.3, 0.4) is 0 Å². The van der Waals surface area contributed by atoms with Crippen LogP contribution in [0, 0.1) is 0 Å². The number of benzene rings is 5. The quantitative estimate of drug-likeness (QED) is 0.261. The standard InChI is InChI=1S/C32H22O/c1-3-10-21(11-4-1)30(22-12-5-2-6-13-22)23-18-19-25-27(20-23)24-15-9-17-29-32(24)31(25)26-14-7-8-16-28(26)33-29/h1-20,30-31H. The van der Waals surface area contributed by atoms with Gasteiger partial charge >= 0.3 is 0 Å². The molecule has 7 rings (SSSR count). The van der Waals surface area contributed by atoms with Crippen molar-refractivity contribution in [1.29, 1.82) is 0 Å². The van der Waals surface area contributed by atoms with Gasteiger partial charge in [-0.25, -0.2) is 0 Å². The van der Waals surface area contributed by atoms with Crippen molar-refractivity contribution in [2.45, 2.75) is 11.8 Å². The first-order valence-corrected chi connectivity index (χ1v) is 11.5. The Morgan fingerprint density at radius 3 is 1.91 bits per heavy atom. The molecule has 0 N–H and O–H groups in total. The Labute approximate surface area is 193 Å². The van der Waals surface area contributed by atoms with Gasteiger partial charge in [-0.1, -0.05) is 103 Å². The molecule has 33 heavy (non-hydrogen) atoms. The van der Waals surface area contributed by atoms with E-state index in [1.807, 2.05) is 0 Å². The maximum absolute atomic E-state index is 6.32. The molecule has 5 aromatic rings. The van der Waals surface area contributed by atoms with Crippen molar-refractivity contribution < 1.29 is 4.74 Å². The number of fused-ring (bicyclic) bond motifs is 5. The molecular weight excluding hydrogens is 400 g/mol. The van der Waals surface area contributed by atoms with Crippen LogP contribution in [0.25, 0.3) is 11.1 Å². The average Bonchev–Trinajstić information content (AvgIpc) is 3.21. The zero-order chi connectivity index (χ0) is 21.8. The summed E-state index contributed by atoms with van der Waals surface area (Å²) in [5, 5.41) is 0. The smallest absolute Gasteiger partial charge is 0.132 e. The molecule has 0 bridgehead atoms. The van der Waals surface area contributed by atoms with Gasteiger partial charge in [0.05, 0.1) is 0 Å². The van der Waals surface area contributed by atoms with E-state index in [1.54, 1.807) is 0 Å². The largest absolute Gasteiger partial charge is 0.457 e. The fraction of sp³-hybridized carbons (Fsp3) is 0.0625. The topological polar surface area (TPSA) is 9.23 Å². The molecule has 1 nitrogen and oxygen atoms in total. The predicted octanol–water partition coefficient (Wildman–Crippen LogP) is 8.13. The van der Waals surface area contributed by atoms with E-state index in [-0.39, 0.29) is 11.8 Å². The summed E-state index contributed by atoms with van der Waals surface area (Å²) in [4.78, 5) is 0. The molecule has 0 saturated heterocycles. The van der Waals surface area contributed by atoms with Crippen LogP contribution in [0.5, 0.6) is 11.5 Å². The molecule has 2 aliphatic rings. The summed E-state index contributed by atoms with van der Waals surface area (Å²) in [7, 11) is 0. The Balaban J connectivity index is 1.45. The molecule has 1 aliphatic heterocycles. The number of hydrogen-bond acceptors (Lipinski definition) is 1. The lowest BCUT2D eigenvalue weighted by Gasteiger charge is -2.26. The maximum Gasteiger partial charge on any atom is 0.132 e. The van der Waals surface area contributed by atoms with Gasteiger partial charge in [-0.3, -0.25) is 0 Å². The minimum absolute atomic E-state index is 0.192. The summed E-state index contributed by atoms with van der Waals surface area (Å²) in [5.74, 6) is 2.38. The SMILES string of the molecule is c1ccc(C(c2ccccc2)c2ccc3c(c2)-c2cccc4c2C3c2ccccc2O4)cc1. The summed E-state index contributed by atoms with van der Waals surface area (Å²) >= 11 is 0. The molecule has 1 heteroatoms. The lowest BCUT2D eigenvalue weighted by Crippen LogP contribution is -2.08. The highest BCUT2D eigenvalue weighted by molar-refractivity contribution is 5.85. The lowest BCUT2D eigenvalue weighted by molar-refractivity contribution is 0.455. The van der Waals surface area contributed by atoms with Crippen molar-refractivity contribution in [2.24, 2.45) is 0 Å². The van der Waals surface area contributed by atoms with Crippen molar-refractivity contribution >= 4 is 0 Å². The maximum atomic E-state index is 6.32. The lowest BCUT2D eigenvalue weighted by atomic mass is 9.82. The van der Waals surface area contributed by atoms with Gasteiger partial charge in [0.25, 0.3) is 0 Å². The summed E-state index contributed by atoms with van der Waals surface area (Å²) in [6.07, 6.45) is 0. The molecule has 1 unspecified atom stereocenters. The van der Waals surface area contributed by atoms with Crippen LogP contribution >= 0.6 is 0 Å². The second kappa shape index (κ2) is 7.21. The third-order valence-electron chi connectivity index (χ3n) is 7.08. The Bertz CT molecular complexity index is 1440. The zero-order valence-electron chi connectivity index (χ0n) is 18.1. The Morgan fingerprint density at radius 2 is 1.15 bits per heavy atom. The van der Waals surface area contributed by atoms with Crippen molar-refractivity contribution in [3.8, 4) is 22.6 Å². The predicted molar refractivity (Wildman–Crippen MR) is 133 cm³/mol. The highest BCUT2D eigenvalue weighted by Gasteiger charge is 2.37. The molecule has 1 atom stereocenters. The third kappa shape index (κ3) is 2.79. The van der Waals surface area contributed by atoms with E-state index in [1.165, 1.54) is 44.5 Å². The minimum Gasteiger partial charge on any atom is -0.457 e. The fourth-order valence-electron chi connectivity index (χ4n) is 5.68. The van der Waals surface area contributed by atoms with Crippen LogP contribution < -0.4 is 4.74 Å². The van der Waals surface area contributed by atoms with Gasteiger partial charge in [0.2, 0.25) is 0 Å². The van der Waals surface area contributed by atoms with Crippen molar-refractivity contribution in [1.82, 2.24) is 0 Å². The van der Waals surface area contributed by atoms with Crippen LogP contribution in [-0.4, -0.2) is 0 Å². The second-order valence-corrected chi connectivity index (χ2v) is 8.89. The van der Waals surface area contributed by atoms with Crippen LogP contribution in [-0.2, 0) is 0 Å². The normalized spacial score (nSPS) is 14.9. The van der Waals surface area contributed by atoms with Gasteiger partial charge in [-0.05, 0) is 51.6 Å². The molecule has 0 fully saturated rings. The van der Waals surface area contributed by atoms with Crippen molar-refractivity contribution in [3.63, 3.8) is 0 Å². The molecule has 0 radical (unpaired) electrons. The van der Waals surface area contributed by atoms with E-state index in [2.05, 4.69) is 121 Å². The van der Waals surface area contributed by atoms with E-state index >= 15 is 0 Å². The monoisotopic (exact) mass is 422 g/mol. The highest BCUT2D eigenvalue weighted by Crippen LogP contribution is 2.57. The van der Waals surface area contributed by atoms with E-state index in [0.717, 1.165) is 11.5 Å². The van der Waals surface area contributed by atoms with Crippen LogP contribution in [0.4, 0.5) is 0 Å². The van der Waals surface area contributed by atoms with Crippen molar-refractivity contribution in [2.75, 3.05) is 0 Å². The number of para-hydroxylation sites is 1. The number of rotatable bonds is 3. The molecular formula is C32H22O. The zero-order valence-corrected chi connectivity index (χ0v) is 18.1. The first kappa shape index (κ1) is 18.5. The summed E-state index contributed by atoms with van der Waals surface area (Å²) in [5.41, 5.74) is 10.5. The molecule has 1 heterocycles. The average molecular weight is 423 g/mol. The van der Waals surface area contributed by atoms with Gasteiger partial charge in [-0.15, -0.1) is 0 Å². The van der Waals surface area contributed by atoms with Gasteiger partial charge in [0, 0.05) is 23.0 Å². The van der Waals surface area contributed by atoms with E-state index in [4.69, 9.17) is 4.74 Å². The van der Waals surface area contributed by atoms with Gasteiger partial charge in [0.15, 0.2) is 0 Å². The molecule has 0 amide bonds. The van der Waals surface area contributed by atoms with Crippen LogP contribution in [0.2, 0.25) is 0 Å². The van der Waals surface area contributed by atoms with Crippen LogP contribution in [0.1, 0.15) is 45.2 Å². The highest BCUT2D eigenvalue weighted by atomic mass is 16.5. The summed E-state index contributed by atoms with van der Waals surface area (Å²) in [6.45, 7) is 0. The van der Waals surface area contributed by atoms with E-state index in [9.17, 15) is 0 Å². The van der Waals surface area contributed by atoms with Crippen LogP contribution in [0.15, 0.2) is 121 Å². The molecule has 5 aromatic carbocycles. The first-order chi connectivity index (χ1) is 16.4. The van der Waals surface area contributed by atoms with E-state index in [0.29, 0.717) is 0 Å². The van der Waals surface area contributed by atoms with Gasteiger partial charge in [0.1, 0.15) is 11.5 Å². The molecule has 156 valence electrons. The van der Waals surface area contributed by atoms with Gasteiger partial charge in [-0.2, -0.15) is 0 Å². The Kier molecular flexibility index (Phi) is 4.04. The molecule has 1 aliphatic carbocycles. The molecule has 0 saturated carbocycles. The third-order valence-corrected chi connectivity index (χ3v) is 7.08. The van der Waals surface area contributed by atoms with Gasteiger partial charge < -0.3 is 4.74 Å². The van der Waals surface area contributed by atoms with E-state index < -0.39 is 0 Å². The first-order valence-electron chi connectivity index (χ1n) is 11.5.